The fourth-order valence-corrected chi connectivity index (χ4v) is 2.28. The van der Waals surface area contributed by atoms with E-state index in [0.717, 1.165) is 0 Å². The Morgan fingerprint density at radius 3 is 2.68 bits per heavy atom. The van der Waals surface area contributed by atoms with Crippen molar-refractivity contribution >= 4 is 18.0 Å². The van der Waals surface area contributed by atoms with Crippen LogP contribution in [-0.2, 0) is 14.3 Å². The van der Waals surface area contributed by atoms with Gasteiger partial charge in [0.25, 0.3) is 5.91 Å². The average molecular weight is 346 g/mol. The highest BCUT2D eigenvalue weighted by Crippen LogP contribution is 2.29. The highest BCUT2D eigenvalue weighted by atomic mass is 16.5. The van der Waals surface area contributed by atoms with Crippen molar-refractivity contribution in [3.63, 3.8) is 0 Å². The van der Waals surface area contributed by atoms with Crippen molar-refractivity contribution in [3.8, 4) is 17.6 Å². The number of carboxylic acid groups (broad SMARTS) is 1. The molecule has 25 heavy (non-hydrogen) atoms. The molecule has 1 saturated heterocycles. The molecule has 0 aliphatic carbocycles. The van der Waals surface area contributed by atoms with Gasteiger partial charge in [-0.25, -0.2) is 4.79 Å². The Kier molecular flexibility index (Phi) is 6.37. The van der Waals surface area contributed by atoms with Crippen molar-refractivity contribution in [2.24, 2.45) is 0 Å². The minimum absolute atomic E-state index is 0.00292. The Hall–Kier alpha value is -3.05. The molecule has 0 bridgehead atoms. The Balaban J connectivity index is 2.20. The van der Waals surface area contributed by atoms with Crippen molar-refractivity contribution in [1.82, 2.24) is 4.90 Å². The first kappa shape index (κ1) is 18.3. The largest absolute Gasteiger partial charge is 0.493 e. The molecule has 0 radical (unpaired) electrons. The number of morpholine rings is 1. The molecule has 0 unspecified atom stereocenters. The van der Waals surface area contributed by atoms with Gasteiger partial charge in [0.15, 0.2) is 18.1 Å². The topological polar surface area (TPSA) is 109 Å². The first-order chi connectivity index (χ1) is 12.0. The normalized spacial score (nSPS) is 14.6. The summed E-state index contributed by atoms with van der Waals surface area (Å²) in [5.41, 5.74) is 0.570. The Morgan fingerprint density at radius 2 is 2.08 bits per heavy atom. The maximum Gasteiger partial charge on any atom is 0.341 e. The smallest absolute Gasteiger partial charge is 0.341 e. The third-order valence-electron chi connectivity index (χ3n) is 3.50. The van der Waals surface area contributed by atoms with E-state index in [-0.39, 0.29) is 17.2 Å². The van der Waals surface area contributed by atoms with Gasteiger partial charge in [-0.05, 0) is 23.8 Å². The molecule has 1 heterocycles. The number of amides is 1. The van der Waals surface area contributed by atoms with Crippen molar-refractivity contribution in [2.75, 3.05) is 40.0 Å². The number of rotatable bonds is 6. The number of hydrogen-bond donors (Lipinski definition) is 1. The van der Waals surface area contributed by atoms with E-state index in [9.17, 15) is 14.9 Å². The summed E-state index contributed by atoms with van der Waals surface area (Å²) in [6.45, 7) is 1.30. The van der Waals surface area contributed by atoms with Crippen LogP contribution in [-0.4, -0.2) is 61.9 Å². The average Bonchev–Trinajstić information content (AvgIpc) is 2.64. The molecule has 1 aromatic carbocycles. The highest BCUT2D eigenvalue weighted by Gasteiger charge is 2.20. The van der Waals surface area contributed by atoms with Crippen LogP contribution in [0.5, 0.6) is 11.5 Å². The molecule has 132 valence electrons. The van der Waals surface area contributed by atoms with Crippen LogP contribution in [0.4, 0.5) is 0 Å². The lowest BCUT2D eigenvalue weighted by Gasteiger charge is -2.26. The number of nitrogens with zero attached hydrogens (tertiary/aromatic N) is 2. The zero-order valence-corrected chi connectivity index (χ0v) is 13.7. The van der Waals surface area contributed by atoms with Gasteiger partial charge in [0.05, 0.1) is 20.3 Å². The second-order valence-corrected chi connectivity index (χ2v) is 5.17. The Bertz CT molecular complexity index is 716. The number of carbonyl (C=O) groups is 2. The second kappa shape index (κ2) is 8.70. The summed E-state index contributed by atoms with van der Waals surface area (Å²) in [7, 11) is 1.42. The van der Waals surface area contributed by atoms with Crippen LogP contribution in [0.1, 0.15) is 5.56 Å². The lowest BCUT2D eigenvalue weighted by atomic mass is 10.1. The molecule has 1 aliphatic rings. The number of carboxylic acids is 1. The van der Waals surface area contributed by atoms with Crippen molar-refractivity contribution in [2.45, 2.75) is 0 Å². The van der Waals surface area contributed by atoms with Gasteiger partial charge in [-0.3, -0.25) is 4.79 Å². The maximum absolute atomic E-state index is 12.4. The first-order valence-corrected chi connectivity index (χ1v) is 7.56. The summed E-state index contributed by atoms with van der Waals surface area (Å²) in [4.78, 5) is 24.5. The van der Waals surface area contributed by atoms with E-state index >= 15 is 0 Å². The van der Waals surface area contributed by atoms with Gasteiger partial charge in [0, 0.05) is 13.1 Å². The van der Waals surface area contributed by atoms with Crippen molar-refractivity contribution in [3.05, 3.63) is 29.3 Å². The van der Waals surface area contributed by atoms with Gasteiger partial charge in [-0.2, -0.15) is 5.26 Å². The lowest BCUT2D eigenvalue weighted by molar-refractivity contribution is -0.139. The van der Waals surface area contributed by atoms with Crippen molar-refractivity contribution in [1.29, 1.82) is 5.26 Å². The van der Waals surface area contributed by atoms with Gasteiger partial charge >= 0.3 is 5.97 Å². The molecule has 0 spiro atoms. The van der Waals surface area contributed by atoms with Crippen LogP contribution >= 0.6 is 0 Å². The molecule has 1 N–H and O–H groups in total. The van der Waals surface area contributed by atoms with Gasteiger partial charge in [0.2, 0.25) is 0 Å². The molecule has 8 heteroatoms. The Labute approximate surface area is 144 Å². The summed E-state index contributed by atoms with van der Waals surface area (Å²) in [6, 6.07) is 6.63. The van der Waals surface area contributed by atoms with Crippen LogP contribution in [0.3, 0.4) is 0 Å². The van der Waals surface area contributed by atoms with E-state index in [1.165, 1.54) is 19.3 Å². The molecule has 1 aliphatic heterocycles. The molecule has 1 aromatic rings. The molecule has 1 amide bonds. The standard InChI is InChI=1S/C17H18N2O6/c1-23-15-9-12(2-3-14(15)25-11-16(20)21)8-13(10-18)17(22)19-4-6-24-7-5-19/h2-3,8-9H,4-7,11H2,1H3,(H,20,21). The number of methoxy groups -OCH3 is 1. The second-order valence-electron chi connectivity index (χ2n) is 5.17. The lowest BCUT2D eigenvalue weighted by Crippen LogP contribution is -2.41. The quantitative estimate of drug-likeness (QED) is 0.602. The fourth-order valence-electron chi connectivity index (χ4n) is 2.28. The summed E-state index contributed by atoms with van der Waals surface area (Å²) in [5.74, 6) is -0.879. The van der Waals surface area contributed by atoms with Crippen molar-refractivity contribution < 1.29 is 28.9 Å². The first-order valence-electron chi connectivity index (χ1n) is 7.56. The van der Waals surface area contributed by atoms with Crippen LogP contribution in [0, 0.1) is 11.3 Å². The molecule has 8 nitrogen and oxygen atoms in total. The van der Waals surface area contributed by atoms with Crippen LogP contribution in [0.2, 0.25) is 0 Å². The van der Waals surface area contributed by atoms with E-state index in [1.807, 2.05) is 6.07 Å². The molecule has 0 aromatic heterocycles. The molecule has 2 rings (SSSR count). The molecule has 0 saturated carbocycles. The molecular weight excluding hydrogens is 328 g/mol. The highest BCUT2D eigenvalue weighted by molar-refractivity contribution is 6.01. The fraction of sp³-hybridized carbons (Fsp3) is 0.353. The van der Waals surface area contributed by atoms with Crippen LogP contribution < -0.4 is 9.47 Å². The van der Waals surface area contributed by atoms with Gasteiger partial charge < -0.3 is 24.2 Å². The third kappa shape index (κ3) is 4.96. The Morgan fingerprint density at radius 1 is 1.36 bits per heavy atom. The number of hydrogen-bond acceptors (Lipinski definition) is 6. The van der Waals surface area contributed by atoms with E-state index in [1.54, 1.807) is 17.0 Å². The summed E-state index contributed by atoms with van der Waals surface area (Å²) in [6.07, 6.45) is 1.46. The summed E-state index contributed by atoms with van der Waals surface area (Å²) in [5, 5.41) is 18.0. The van der Waals surface area contributed by atoms with Crippen LogP contribution in [0.25, 0.3) is 6.08 Å². The maximum atomic E-state index is 12.4. The predicted molar refractivity (Wildman–Crippen MR) is 87.1 cm³/mol. The minimum Gasteiger partial charge on any atom is -0.493 e. The third-order valence-corrected chi connectivity index (χ3v) is 3.50. The molecule has 0 atom stereocenters. The summed E-state index contributed by atoms with van der Waals surface area (Å²) >= 11 is 0. The molecular formula is C17H18N2O6. The van der Waals surface area contributed by atoms with Crippen LogP contribution in [0.15, 0.2) is 23.8 Å². The number of benzene rings is 1. The van der Waals surface area contributed by atoms with Gasteiger partial charge in [0.1, 0.15) is 11.6 Å². The SMILES string of the molecule is COc1cc(C=C(C#N)C(=O)N2CCOCC2)ccc1OCC(=O)O. The van der Waals surface area contributed by atoms with E-state index in [4.69, 9.17) is 19.3 Å². The van der Waals surface area contributed by atoms with Gasteiger partial charge in [-0.1, -0.05) is 6.07 Å². The van der Waals surface area contributed by atoms with E-state index < -0.39 is 12.6 Å². The van der Waals surface area contributed by atoms with E-state index in [2.05, 4.69) is 0 Å². The zero-order valence-electron chi connectivity index (χ0n) is 13.7. The number of ether oxygens (including phenoxy) is 3. The number of nitriles is 1. The number of carbonyl (C=O) groups excluding carboxylic acids is 1. The predicted octanol–water partition coefficient (Wildman–Crippen LogP) is 0.924. The van der Waals surface area contributed by atoms with Gasteiger partial charge in [-0.15, -0.1) is 0 Å². The minimum atomic E-state index is -1.10. The van der Waals surface area contributed by atoms with E-state index in [0.29, 0.717) is 37.6 Å². The summed E-state index contributed by atoms with van der Waals surface area (Å²) < 4.78 is 15.5. The number of aliphatic carboxylic acids is 1. The molecule has 1 fully saturated rings. The zero-order chi connectivity index (χ0) is 18.2. The monoisotopic (exact) mass is 346 g/mol.